The van der Waals surface area contributed by atoms with Gasteiger partial charge in [-0.05, 0) is 38.5 Å². The first-order valence-electron chi connectivity index (χ1n) is 6.96. The monoisotopic (exact) mass is 240 g/mol. The summed E-state index contributed by atoms with van der Waals surface area (Å²) in [6, 6.07) is 0. The Morgan fingerprint density at radius 3 is 2.71 bits per heavy atom. The number of hydrogen-bond donors (Lipinski definition) is 1. The number of rotatable bonds is 4. The van der Waals surface area contributed by atoms with Crippen LogP contribution in [0.25, 0.3) is 0 Å². The van der Waals surface area contributed by atoms with E-state index in [1.165, 1.54) is 19.3 Å². The fourth-order valence-electron chi connectivity index (χ4n) is 2.56. The Bertz CT molecular complexity index is 234. The molecule has 17 heavy (non-hydrogen) atoms. The van der Waals surface area contributed by atoms with E-state index in [0.29, 0.717) is 12.6 Å². The van der Waals surface area contributed by atoms with Crippen LogP contribution < -0.4 is 5.32 Å². The minimum atomic E-state index is 0.250. The van der Waals surface area contributed by atoms with Crippen molar-refractivity contribution in [2.24, 2.45) is 0 Å². The Balaban J connectivity index is 1.58. The smallest absolute Gasteiger partial charge is 0.236 e. The van der Waals surface area contributed by atoms with Crippen LogP contribution in [0, 0.1) is 0 Å². The normalized spacial score (nSPS) is 25.9. The molecule has 4 nitrogen and oxygen atoms in total. The first-order chi connectivity index (χ1) is 8.36. The van der Waals surface area contributed by atoms with Crippen LogP contribution in [0.2, 0.25) is 0 Å². The summed E-state index contributed by atoms with van der Waals surface area (Å²) in [6.07, 6.45) is 7.49. The van der Waals surface area contributed by atoms with Gasteiger partial charge in [-0.2, -0.15) is 0 Å². The fourth-order valence-corrected chi connectivity index (χ4v) is 2.56. The number of nitrogens with one attached hydrogen (secondary N) is 1. The van der Waals surface area contributed by atoms with Gasteiger partial charge in [-0.25, -0.2) is 0 Å². The Hall–Kier alpha value is -0.610. The summed E-state index contributed by atoms with van der Waals surface area (Å²) >= 11 is 0. The first kappa shape index (κ1) is 12.8. The number of piperidine rings is 1. The van der Waals surface area contributed by atoms with E-state index in [1.54, 1.807) is 0 Å². The third-order valence-electron chi connectivity index (χ3n) is 3.63. The minimum Gasteiger partial charge on any atom is -0.377 e. The lowest BCUT2D eigenvalue weighted by Gasteiger charge is -2.27. The molecular weight excluding hydrogens is 216 g/mol. The van der Waals surface area contributed by atoms with Gasteiger partial charge in [0.15, 0.2) is 0 Å². The quantitative estimate of drug-likeness (QED) is 0.801. The average molecular weight is 240 g/mol. The molecule has 1 N–H and O–H groups in total. The lowest BCUT2D eigenvalue weighted by molar-refractivity contribution is -0.131. The highest BCUT2D eigenvalue weighted by Gasteiger charge is 2.17. The third kappa shape index (κ3) is 4.28. The van der Waals surface area contributed by atoms with Crippen molar-refractivity contribution < 1.29 is 9.53 Å². The highest BCUT2D eigenvalue weighted by atomic mass is 16.5. The van der Waals surface area contributed by atoms with Crippen molar-refractivity contribution in [2.45, 2.75) is 44.6 Å². The van der Waals surface area contributed by atoms with Gasteiger partial charge >= 0.3 is 0 Å². The van der Waals surface area contributed by atoms with Crippen LogP contribution in [0.15, 0.2) is 0 Å². The molecule has 0 aromatic rings. The molecule has 2 aliphatic rings. The van der Waals surface area contributed by atoms with Crippen molar-refractivity contribution in [3.8, 4) is 0 Å². The van der Waals surface area contributed by atoms with Crippen molar-refractivity contribution in [1.82, 2.24) is 10.2 Å². The van der Waals surface area contributed by atoms with Crippen LogP contribution in [0.5, 0.6) is 0 Å². The molecule has 2 fully saturated rings. The molecule has 0 radical (unpaired) electrons. The highest BCUT2D eigenvalue weighted by molar-refractivity contribution is 5.78. The number of likely N-dealkylation sites (tertiary alicyclic amines) is 1. The Labute approximate surface area is 104 Å². The van der Waals surface area contributed by atoms with E-state index in [-0.39, 0.29) is 5.91 Å². The standard InChI is InChI=1S/C13H24N2O2/c16-13(15-7-3-1-4-8-15)11-14-10-12-6-2-5-9-17-12/h12,14H,1-11H2. The molecule has 98 valence electrons. The van der Waals surface area contributed by atoms with Crippen LogP contribution >= 0.6 is 0 Å². The zero-order valence-electron chi connectivity index (χ0n) is 10.6. The van der Waals surface area contributed by atoms with Crippen molar-refractivity contribution in [3.05, 3.63) is 0 Å². The molecule has 0 saturated carbocycles. The van der Waals surface area contributed by atoms with E-state index in [1.807, 2.05) is 4.90 Å². The molecule has 4 heteroatoms. The molecular formula is C13H24N2O2. The number of hydrogen-bond acceptors (Lipinski definition) is 3. The van der Waals surface area contributed by atoms with Gasteiger partial charge in [-0.15, -0.1) is 0 Å². The molecule has 0 bridgehead atoms. The van der Waals surface area contributed by atoms with E-state index in [2.05, 4.69) is 5.32 Å². The second kappa shape index (κ2) is 6.97. The zero-order chi connectivity index (χ0) is 11.9. The van der Waals surface area contributed by atoms with Crippen LogP contribution in [-0.4, -0.2) is 49.7 Å². The maximum Gasteiger partial charge on any atom is 0.236 e. The second-order valence-corrected chi connectivity index (χ2v) is 5.06. The molecule has 1 unspecified atom stereocenters. The van der Waals surface area contributed by atoms with Crippen molar-refractivity contribution in [1.29, 1.82) is 0 Å². The molecule has 0 aliphatic carbocycles. The Morgan fingerprint density at radius 2 is 2.00 bits per heavy atom. The summed E-state index contributed by atoms with van der Waals surface area (Å²) in [5, 5.41) is 3.24. The van der Waals surface area contributed by atoms with Gasteiger partial charge in [-0.3, -0.25) is 4.79 Å². The predicted octanol–water partition coefficient (Wildman–Crippen LogP) is 1.16. The van der Waals surface area contributed by atoms with Gasteiger partial charge in [0.2, 0.25) is 5.91 Å². The lowest BCUT2D eigenvalue weighted by Crippen LogP contribution is -2.43. The summed E-state index contributed by atoms with van der Waals surface area (Å²) in [5.74, 6) is 0.250. The molecule has 1 atom stereocenters. The van der Waals surface area contributed by atoms with Crippen molar-refractivity contribution in [2.75, 3.05) is 32.8 Å². The van der Waals surface area contributed by atoms with Crippen molar-refractivity contribution in [3.63, 3.8) is 0 Å². The molecule has 0 aromatic heterocycles. The maximum atomic E-state index is 11.9. The first-order valence-corrected chi connectivity index (χ1v) is 6.96. The molecule has 2 heterocycles. The van der Waals surface area contributed by atoms with E-state index in [0.717, 1.165) is 45.5 Å². The van der Waals surface area contributed by atoms with Gasteiger partial charge in [0.1, 0.15) is 0 Å². The zero-order valence-corrected chi connectivity index (χ0v) is 10.6. The van der Waals surface area contributed by atoms with E-state index < -0.39 is 0 Å². The summed E-state index contributed by atoms with van der Waals surface area (Å²) in [7, 11) is 0. The average Bonchev–Trinajstić information content (AvgIpc) is 2.41. The Morgan fingerprint density at radius 1 is 1.18 bits per heavy atom. The lowest BCUT2D eigenvalue weighted by atomic mass is 10.1. The molecule has 2 aliphatic heterocycles. The number of nitrogens with zero attached hydrogens (tertiary/aromatic N) is 1. The minimum absolute atomic E-state index is 0.250. The largest absolute Gasteiger partial charge is 0.377 e. The van der Waals surface area contributed by atoms with E-state index >= 15 is 0 Å². The van der Waals surface area contributed by atoms with E-state index in [9.17, 15) is 4.79 Å². The second-order valence-electron chi connectivity index (χ2n) is 5.06. The Kier molecular flexibility index (Phi) is 5.26. The molecule has 2 saturated heterocycles. The molecule has 0 aromatic carbocycles. The topological polar surface area (TPSA) is 41.6 Å². The van der Waals surface area contributed by atoms with Crippen LogP contribution in [0.4, 0.5) is 0 Å². The maximum absolute atomic E-state index is 11.9. The molecule has 1 amide bonds. The predicted molar refractivity (Wildman–Crippen MR) is 66.9 cm³/mol. The van der Waals surface area contributed by atoms with Gasteiger partial charge in [-0.1, -0.05) is 0 Å². The van der Waals surface area contributed by atoms with E-state index in [4.69, 9.17) is 4.74 Å². The summed E-state index contributed by atoms with van der Waals surface area (Å²) in [5.41, 5.74) is 0. The number of ether oxygens (including phenoxy) is 1. The molecule has 0 spiro atoms. The number of carbonyl (C=O) groups is 1. The summed E-state index contributed by atoms with van der Waals surface area (Å²) < 4.78 is 5.62. The highest BCUT2D eigenvalue weighted by Crippen LogP contribution is 2.11. The van der Waals surface area contributed by atoms with Crippen molar-refractivity contribution >= 4 is 5.91 Å². The van der Waals surface area contributed by atoms with Gasteiger partial charge in [0, 0.05) is 26.2 Å². The molecule has 2 rings (SSSR count). The van der Waals surface area contributed by atoms with Crippen LogP contribution in [0.3, 0.4) is 0 Å². The fraction of sp³-hybridized carbons (Fsp3) is 0.923. The number of carbonyl (C=O) groups excluding carboxylic acids is 1. The number of amides is 1. The SMILES string of the molecule is O=C(CNCC1CCCCO1)N1CCCCC1. The van der Waals surface area contributed by atoms with Crippen LogP contribution in [-0.2, 0) is 9.53 Å². The van der Waals surface area contributed by atoms with Gasteiger partial charge in [0.05, 0.1) is 12.6 Å². The van der Waals surface area contributed by atoms with Gasteiger partial charge < -0.3 is 15.0 Å². The third-order valence-corrected chi connectivity index (χ3v) is 3.63. The summed E-state index contributed by atoms with van der Waals surface area (Å²) in [6.45, 7) is 4.06. The van der Waals surface area contributed by atoms with Crippen LogP contribution in [0.1, 0.15) is 38.5 Å². The van der Waals surface area contributed by atoms with Gasteiger partial charge in [0.25, 0.3) is 0 Å². The summed E-state index contributed by atoms with van der Waals surface area (Å²) in [4.78, 5) is 13.8.